The van der Waals surface area contributed by atoms with E-state index in [1.807, 2.05) is 0 Å². The molecule has 1 unspecified atom stereocenters. The van der Waals surface area contributed by atoms with Gasteiger partial charge in [-0.05, 0) is 59.7 Å². The van der Waals surface area contributed by atoms with E-state index >= 15 is 0 Å². The third-order valence-electron chi connectivity index (χ3n) is 3.56. The Hall–Kier alpha value is -1.32. The molecule has 0 aromatic heterocycles. The standard InChI is InChI=1S/C18H15Br2N/c1-12(13-2-6-16(19)7-3-13)21-18-9-5-14-10-17(20)8-4-15(14)11-18/h2-12,21H,1H3. The van der Waals surface area contributed by atoms with E-state index in [1.165, 1.54) is 16.3 Å². The first-order chi connectivity index (χ1) is 10.1. The minimum Gasteiger partial charge on any atom is -0.379 e. The summed E-state index contributed by atoms with van der Waals surface area (Å²) >= 11 is 6.98. The second-order valence-corrected chi connectivity index (χ2v) is 6.96. The minimum atomic E-state index is 0.269. The van der Waals surface area contributed by atoms with Crippen LogP contribution in [0.25, 0.3) is 10.8 Å². The molecule has 0 fully saturated rings. The van der Waals surface area contributed by atoms with Crippen molar-refractivity contribution < 1.29 is 0 Å². The molecule has 0 amide bonds. The number of fused-ring (bicyclic) bond motifs is 1. The Morgan fingerprint density at radius 1 is 0.762 bits per heavy atom. The normalized spacial score (nSPS) is 12.3. The van der Waals surface area contributed by atoms with Crippen LogP contribution in [-0.4, -0.2) is 0 Å². The molecule has 1 nitrogen and oxygen atoms in total. The fourth-order valence-corrected chi connectivity index (χ4v) is 3.03. The summed E-state index contributed by atoms with van der Waals surface area (Å²) in [4.78, 5) is 0. The molecule has 3 rings (SSSR count). The Labute approximate surface area is 141 Å². The van der Waals surface area contributed by atoms with Crippen molar-refractivity contribution in [3.05, 3.63) is 75.2 Å². The maximum absolute atomic E-state index is 3.56. The van der Waals surface area contributed by atoms with Crippen molar-refractivity contribution in [2.24, 2.45) is 0 Å². The fraction of sp³-hybridized carbons (Fsp3) is 0.111. The molecule has 21 heavy (non-hydrogen) atoms. The molecule has 0 saturated heterocycles. The number of rotatable bonds is 3. The zero-order chi connectivity index (χ0) is 14.8. The SMILES string of the molecule is CC(Nc1ccc2cc(Br)ccc2c1)c1ccc(Br)cc1. The second-order valence-electron chi connectivity index (χ2n) is 5.12. The van der Waals surface area contributed by atoms with E-state index in [2.05, 4.69) is 105 Å². The van der Waals surface area contributed by atoms with Crippen molar-refractivity contribution in [1.82, 2.24) is 0 Å². The van der Waals surface area contributed by atoms with Gasteiger partial charge in [0.15, 0.2) is 0 Å². The number of nitrogens with one attached hydrogen (secondary N) is 1. The maximum Gasteiger partial charge on any atom is 0.0485 e. The lowest BCUT2D eigenvalue weighted by atomic mass is 10.1. The molecule has 0 heterocycles. The number of hydrogen-bond acceptors (Lipinski definition) is 1. The molecule has 3 aromatic rings. The van der Waals surface area contributed by atoms with Crippen LogP contribution in [-0.2, 0) is 0 Å². The van der Waals surface area contributed by atoms with Crippen LogP contribution in [0.5, 0.6) is 0 Å². The van der Waals surface area contributed by atoms with E-state index in [9.17, 15) is 0 Å². The van der Waals surface area contributed by atoms with Crippen molar-refractivity contribution in [2.75, 3.05) is 5.32 Å². The highest BCUT2D eigenvalue weighted by molar-refractivity contribution is 9.10. The summed E-state index contributed by atoms with van der Waals surface area (Å²) in [6.07, 6.45) is 0. The highest BCUT2D eigenvalue weighted by Crippen LogP contribution is 2.26. The average Bonchev–Trinajstić information content (AvgIpc) is 2.48. The fourth-order valence-electron chi connectivity index (χ4n) is 2.39. The van der Waals surface area contributed by atoms with E-state index in [0.717, 1.165) is 14.6 Å². The summed E-state index contributed by atoms with van der Waals surface area (Å²) in [7, 11) is 0. The van der Waals surface area contributed by atoms with Gasteiger partial charge in [0.1, 0.15) is 0 Å². The van der Waals surface area contributed by atoms with E-state index in [0.29, 0.717) is 0 Å². The molecule has 0 aliphatic heterocycles. The third-order valence-corrected chi connectivity index (χ3v) is 4.58. The second kappa shape index (κ2) is 6.20. The van der Waals surface area contributed by atoms with Gasteiger partial charge in [-0.2, -0.15) is 0 Å². The molecule has 3 aromatic carbocycles. The van der Waals surface area contributed by atoms with Crippen molar-refractivity contribution >= 4 is 48.3 Å². The van der Waals surface area contributed by atoms with Crippen molar-refractivity contribution in [3.8, 4) is 0 Å². The molecule has 0 aliphatic carbocycles. The zero-order valence-corrected chi connectivity index (χ0v) is 14.8. The first-order valence-corrected chi connectivity index (χ1v) is 8.42. The molecule has 1 N–H and O–H groups in total. The van der Waals surface area contributed by atoms with E-state index < -0.39 is 0 Å². The van der Waals surface area contributed by atoms with Gasteiger partial charge in [-0.3, -0.25) is 0 Å². The lowest BCUT2D eigenvalue weighted by Gasteiger charge is -2.16. The highest BCUT2D eigenvalue weighted by Gasteiger charge is 2.05. The summed E-state index contributed by atoms with van der Waals surface area (Å²) < 4.78 is 2.22. The summed E-state index contributed by atoms with van der Waals surface area (Å²) in [5, 5.41) is 6.04. The number of halogens is 2. The molecule has 0 saturated carbocycles. The Bertz CT molecular complexity index is 766. The van der Waals surface area contributed by atoms with Crippen LogP contribution < -0.4 is 5.32 Å². The summed E-state index contributed by atoms with van der Waals surface area (Å²) in [6.45, 7) is 2.18. The van der Waals surface area contributed by atoms with Crippen LogP contribution in [0.2, 0.25) is 0 Å². The number of anilines is 1. The van der Waals surface area contributed by atoms with Gasteiger partial charge in [0.25, 0.3) is 0 Å². The van der Waals surface area contributed by atoms with Crippen LogP contribution in [0, 0.1) is 0 Å². The molecule has 0 radical (unpaired) electrons. The first kappa shape index (κ1) is 14.6. The number of benzene rings is 3. The van der Waals surface area contributed by atoms with Crippen molar-refractivity contribution in [3.63, 3.8) is 0 Å². The summed E-state index contributed by atoms with van der Waals surface area (Å²) in [6, 6.07) is 21.5. The topological polar surface area (TPSA) is 12.0 Å². The number of hydrogen-bond donors (Lipinski definition) is 1. The molecule has 1 atom stereocenters. The van der Waals surface area contributed by atoms with Gasteiger partial charge in [0, 0.05) is 20.7 Å². The molecular formula is C18H15Br2N. The van der Waals surface area contributed by atoms with Crippen LogP contribution in [0.15, 0.2) is 69.6 Å². The lowest BCUT2D eigenvalue weighted by Crippen LogP contribution is -2.06. The molecule has 0 aliphatic rings. The van der Waals surface area contributed by atoms with Crippen molar-refractivity contribution in [2.45, 2.75) is 13.0 Å². The Morgan fingerprint density at radius 2 is 1.38 bits per heavy atom. The van der Waals surface area contributed by atoms with Crippen LogP contribution in [0.3, 0.4) is 0 Å². The molecular weight excluding hydrogens is 390 g/mol. The predicted octanol–water partition coefficient (Wildman–Crippen LogP) is 6.54. The van der Waals surface area contributed by atoms with Gasteiger partial charge in [0.2, 0.25) is 0 Å². The monoisotopic (exact) mass is 403 g/mol. The average molecular weight is 405 g/mol. The van der Waals surface area contributed by atoms with E-state index in [1.54, 1.807) is 0 Å². The third kappa shape index (κ3) is 3.47. The van der Waals surface area contributed by atoms with Crippen LogP contribution >= 0.6 is 31.9 Å². The van der Waals surface area contributed by atoms with Crippen molar-refractivity contribution in [1.29, 1.82) is 0 Å². The van der Waals surface area contributed by atoms with Gasteiger partial charge in [-0.15, -0.1) is 0 Å². The molecule has 0 spiro atoms. The molecule has 3 heteroatoms. The summed E-state index contributed by atoms with van der Waals surface area (Å²) in [5.74, 6) is 0. The zero-order valence-electron chi connectivity index (χ0n) is 11.6. The van der Waals surface area contributed by atoms with E-state index in [4.69, 9.17) is 0 Å². The van der Waals surface area contributed by atoms with Crippen LogP contribution in [0.4, 0.5) is 5.69 Å². The Kier molecular flexibility index (Phi) is 4.32. The molecule has 0 bridgehead atoms. The maximum atomic E-state index is 3.56. The van der Waals surface area contributed by atoms with E-state index in [-0.39, 0.29) is 6.04 Å². The van der Waals surface area contributed by atoms with Gasteiger partial charge in [-0.1, -0.05) is 56.1 Å². The minimum absolute atomic E-state index is 0.269. The van der Waals surface area contributed by atoms with Gasteiger partial charge in [-0.25, -0.2) is 0 Å². The first-order valence-electron chi connectivity index (χ1n) is 6.83. The van der Waals surface area contributed by atoms with Gasteiger partial charge in [0.05, 0.1) is 0 Å². The van der Waals surface area contributed by atoms with Gasteiger partial charge >= 0.3 is 0 Å². The Morgan fingerprint density at radius 3 is 2.14 bits per heavy atom. The summed E-state index contributed by atoms with van der Waals surface area (Å²) in [5.41, 5.74) is 2.41. The highest BCUT2D eigenvalue weighted by atomic mass is 79.9. The molecule has 106 valence electrons. The largest absolute Gasteiger partial charge is 0.379 e. The van der Waals surface area contributed by atoms with Gasteiger partial charge < -0.3 is 5.32 Å². The smallest absolute Gasteiger partial charge is 0.0485 e. The van der Waals surface area contributed by atoms with Crippen LogP contribution in [0.1, 0.15) is 18.5 Å². The lowest BCUT2D eigenvalue weighted by molar-refractivity contribution is 0.885. The quantitative estimate of drug-likeness (QED) is 0.522. The predicted molar refractivity (Wildman–Crippen MR) is 97.8 cm³/mol. The Balaban J connectivity index is 1.84.